The molecule has 0 spiro atoms. The second-order valence-corrected chi connectivity index (χ2v) is 8.37. The molecule has 33 heavy (non-hydrogen) atoms. The van der Waals surface area contributed by atoms with Gasteiger partial charge in [-0.3, -0.25) is 4.98 Å². The zero-order valence-electron chi connectivity index (χ0n) is 18.6. The molecule has 168 valence electrons. The quantitative estimate of drug-likeness (QED) is 0.290. The van der Waals surface area contributed by atoms with Crippen LogP contribution in [0.3, 0.4) is 0 Å². The molecule has 1 atom stereocenters. The lowest BCUT2D eigenvalue weighted by Crippen LogP contribution is -2.18. The summed E-state index contributed by atoms with van der Waals surface area (Å²) in [7, 11) is 0. The number of hydrogen-bond donors (Lipinski definition) is 1. The van der Waals surface area contributed by atoms with Crippen molar-refractivity contribution in [2.75, 3.05) is 6.61 Å². The van der Waals surface area contributed by atoms with E-state index < -0.39 is 12.1 Å². The van der Waals surface area contributed by atoms with Gasteiger partial charge in [-0.05, 0) is 66.4 Å². The molecule has 0 aliphatic rings. The van der Waals surface area contributed by atoms with Gasteiger partial charge in [0.2, 0.25) is 0 Å². The Morgan fingerprint density at radius 3 is 2.45 bits per heavy atom. The summed E-state index contributed by atoms with van der Waals surface area (Å²) in [6.45, 7) is 4.34. The van der Waals surface area contributed by atoms with Gasteiger partial charge in [0.15, 0.2) is 6.10 Å². The van der Waals surface area contributed by atoms with Crippen LogP contribution in [0.1, 0.15) is 37.0 Å². The first-order valence-electron chi connectivity index (χ1n) is 10.9. The summed E-state index contributed by atoms with van der Waals surface area (Å²) in [5, 5.41) is 11.5. The van der Waals surface area contributed by atoms with Gasteiger partial charge in [-0.15, -0.1) is 0 Å². The summed E-state index contributed by atoms with van der Waals surface area (Å²) in [4.78, 5) is 21.3. The molecule has 0 radical (unpaired) electrons. The van der Waals surface area contributed by atoms with Gasteiger partial charge in [0, 0.05) is 40.5 Å². The number of halogens is 1. The van der Waals surface area contributed by atoms with Crippen molar-refractivity contribution in [1.82, 2.24) is 9.97 Å². The predicted octanol–water partition coefficient (Wildman–Crippen LogP) is 6.87. The molecule has 2 aromatic carbocycles. The number of pyridine rings is 2. The van der Waals surface area contributed by atoms with Crippen LogP contribution in [0.15, 0.2) is 67.0 Å². The summed E-state index contributed by atoms with van der Waals surface area (Å²) in [5.41, 5.74) is 5.71. The Hall–Kier alpha value is -3.28. The van der Waals surface area contributed by atoms with E-state index in [4.69, 9.17) is 21.3 Å². The van der Waals surface area contributed by atoms with Crippen molar-refractivity contribution in [1.29, 1.82) is 0 Å². The first kappa shape index (κ1) is 22.9. The van der Waals surface area contributed by atoms with Crippen LogP contribution in [0.25, 0.3) is 33.3 Å². The Balaban J connectivity index is 1.96. The highest BCUT2D eigenvalue weighted by Crippen LogP contribution is 2.40. The number of aromatic nitrogens is 2. The molecule has 1 N–H and O–H groups in total. The molecule has 4 rings (SSSR count). The van der Waals surface area contributed by atoms with Crippen molar-refractivity contribution in [3.63, 3.8) is 0 Å². The molecule has 4 aromatic rings. The largest absolute Gasteiger partial charge is 0.479 e. The number of rotatable bonds is 8. The Morgan fingerprint density at radius 2 is 1.79 bits per heavy atom. The molecule has 0 aliphatic heterocycles. The number of nitrogens with zero attached hydrogens (tertiary/aromatic N) is 2. The fraction of sp³-hybridized carbons (Fsp3) is 0.222. The highest BCUT2D eigenvalue weighted by atomic mass is 35.5. The van der Waals surface area contributed by atoms with Gasteiger partial charge in [0.05, 0.1) is 11.2 Å². The van der Waals surface area contributed by atoms with Crippen molar-refractivity contribution in [3.05, 3.63) is 83.1 Å². The topological polar surface area (TPSA) is 72.3 Å². The number of hydrogen-bond acceptors (Lipinski definition) is 4. The molecule has 0 amide bonds. The van der Waals surface area contributed by atoms with Crippen LogP contribution in [0, 0.1) is 6.92 Å². The third-order valence-electron chi connectivity index (χ3n) is 5.62. The zero-order chi connectivity index (χ0) is 23.4. The van der Waals surface area contributed by atoms with E-state index in [9.17, 15) is 9.90 Å². The Labute approximate surface area is 198 Å². The molecule has 0 bridgehead atoms. The van der Waals surface area contributed by atoms with E-state index in [1.54, 1.807) is 24.5 Å². The molecule has 2 heterocycles. The number of aryl methyl sites for hydroxylation is 1. The SMILES string of the molecule is CCCCOC(C(=O)O)c1c(C)cc2nc(-c3ccncc3)ccc2c1-c1ccc(Cl)cc1. The normalized spacial score (nSPS) is 12.1. The highest BCUT2D eigenvalue weighted by molar-refractivity contribution is 6.30. The fourth-order valence-electron chi connectivity index (χ4n) is 3.99. The van der Waals surface area contributed by atoms with Gasteiger partial charge >= 0.3 is 5.97 Å². The minimum Gasteiger partial charge on any atom is -0.479 e. The maximum atomic E-state index is 12.3. The first-order chi connectivity index (χ1) is 16.0. The average Bonchev–Trinajstić information content (AvgIpc) is 2.82. The number of benzene rings is 2. The van der Waals surface area contributed by atoms with E-state index in [0.717, 1.165) is 51.7 Å². The smallest absolute Gasteiger partial charge is 0.337 e. The molecule has 1 unspecified atom stereocenters. The Morgan fingerprint density at radius 1 is 1.06 bits per heavy atom. The first-order valence-corrected chi connectivity index (χ1v) is 11.3. The van der Waals surface area contributed by atoms with Gasteiger partial charge in [0.25, 0.3) is 0 Å². The van der Waals surface area contributed by atoms with Crippen molar-refractivity contribution in [2.45, 2.75) is 32.8 Å². The standard InChI is InChI=1S/C27H25ClN2O3/c1-3-4-15-33-26(27(31)32)24-17(2)16-23-21(25(24)19-5-7-20(28)8-6-19)9-10-22(30-23)18-11-13-29-14-12-18/h5-14,16,26H,3-4,15H2,1-2H3,(H,31,32). The van der Waals surface area contributed by atoms with Gasteiger partial charge in [-0.1, -0.05) is 43.1 Å². The second kappa shape index (κ2) is 10.1. The van der Waals surface area contributed by atoms with Crippen LogP contribution in [0.5, 0.6) is 0 Å². The number of carboxylic acids is 1. The molecule has 2 aromatic heterocycles. The number of ether oxygens (including phenoxy) is 1. The van der Waals surface area contributed by atoms with Crippen LogP contribution in [0.4, 0.5) is 0 Å². The number of carbonyl (C=O) groups is 1. The van der Waals surface area contributed by atoms with E-state index in [-0.39, 0.29) is 0 Å². The Kier molecular flexibility index (Phi) is 7.02. The average molecular weight is 461 g/mol. The minimum atomic E-state index is -1.08. The monoisotopic (exact) mass is 460 g/mol. The van der Waals surface area contributed by atoms with E-state index in [1.807, 2.05) is 56.3 Å². The minimum absolute atomic E-state index is 0.379. The van der Waals surface area contributed by atoms with Crippen LogP contribution < -0.4 is 0 Å². The van der Waals surface area contributed by atoms with E-state index in [1.165, 1.54) is 0 Å². The number of aliphatic carboxylic acids is 1. The van der Waals surface area contributed by atoms with Crippen molar-refractivity contribution >= 4 is 28.5 Å². The Bertz CT molecular complexity index is 1270. The highest BCUT2D eigenvalue weighted by Gasteiger charge is 2.28. The summed E-state index contributed by atoms with van der Waals surface area (Å²) >= 11 is 6.14. The maximum absolute atomic E-state index is 12.3. The van der Waals surface area contributed by atoms with Gasteiger partial charge in [-0.2, -0.15) is 0 Å². The molecule has 5 nitrogen and oxygen atoms in total. The lowest BCUT2D eigenvalue weighted by molar-refractivity contribution is -0.151. The molecule has 0 aliphatic carbocycles. The van der Waals surface area contributed by atoms with Crippen LogP contribution in [-0.4, -0.2) is 27.7 Å². The van der Waals surface area contributed by atoms with Crippen LogP contribution >= 0.6 is 11.6 Å². The summed E-state index contributed by atoms with van der Waals surface area (Å²) < 4.78 is 5.89. The van der Waals surface area contributed by atoms with E-state index in [2.05, 4.69) is 4.98 Å². The number of carboxylic acid groups (broad SMARTS) is 1. The van der Waals surface area contributed by atoms with Gasteiger partial charge in [0.1, 0.15) is 0 Å². The molecular weight excluding hydrogens is 436 g/mol. The molecule has 6 heteroatoms. The third-order valence-corrected chi connectivity index (χ3v) is 5.87. The van der Waals surface area contributed by atoms with Crippen LogP contribution in [0.2, 0.25) is 5.02 Å². The molecule has 0 fully saturated rings. The second-order valence-electron chi connectivity index (χ2n) is 7.93. The molecule has 0 saturated carbocycles. The van der Waals surface area contributed by atoms with E-state index in [0.29, 0.717) is 17.2 Å². The van der Waals surface area contributed by atoms with Crippen molar-refractivity contribution in [2.24, 2.45) is 0 Å². The molecule has 0 saturated heterocycles. The van der Waals surface area contributed by atoms with Gasteiger partial charge < -0.3 is 9.84 Å². The van der Waals surface area contributed by atoms with Gasteiger partial charge in [-0.25, -0.2) is 9.78 Å². The zero-order valence-corrected chi connectivity index (χ0v) is 19.3. The number of fused-ring (bicyclic) bond motifs is 1. The lowest BCUT2D eigenvalue weighted by atomic mass is 9.88. The van der Waals surface area contributed by atoms with Crippen molar-refractivity contribution < 1.29 is 14.6 Å². The molecular formula is C27H25ClN2O3. The van der Waals surface area contributed by atoms with Crippen LogP contribution in [-0.2, 0) is 9.53 Å². The van der Waals surface area contributed by atoms with E-state index >= 15 is 0 Å². The lowest BCUT2D eigenvalue weighted by Gasteiger charge is -2.22. The summed E-state index contributed by atoms with van der Waals surface area (Å²) in [5.74, 6) is -1.01. The summed E-state index contributed by atoms with van der Waals surface area (Å²) in [6, 6.07) is 17.1. The fourth-order valence-corrected chi connectivity index (χ4v) is 4.12. The third kappa shape index (κ3) is 4.90. The number of unbranched alkanes of at least 4 members (excludes halogenated alkanes) is 1. The maximum Gasteiger partial charge on any atom is 0.337 e. The van der Waals surface area contributed by atoms with Crippen molar-refractivity contribution in [3.8, 4) is 22.4 Å². The predicted molar refractivity (Wildman–Crippen MR) is 131 cm³/mol. The summed E-state index contributed by atoms with van der Waals surface area (Å²) in [6.07, 6.45) is 4.12.